The number of thioether (sulfide) groups is 1. The summed E-state index contributed by atoms with van der Waals surface area (Å²) in [4.78, 5) is 1.09. The summed E-state index contributed by atoms with van der Waals surface area (Å²) in [5.74, 6) is 0.500. The van der Waals surface area contributed by atoms with Crippen molar-refractivity contribution in [1.82, 2.24) is 0 Å². The maximum Gasteiger partial charge on any atom is 0.101 e. The number of fused-ring (bicyclic) bond motifs is 1. The van der Waals surface area contributed by atoms with E-state index in [-0.39, 0.29) is 0 Å². The highest BCUT2D eigenvalue weighted by atomic mass is 32.2. The van der Waals surface area contributed by atoms with Crippen molar-refractivity contribution in [2.24, 2.45) is 0 Å². The van der Waals surface area contributed by atoms with Crippen molar-refractivity contribution < 1.29 is 0 Å². The van der Waals surface area contributed by atoms with Crippen LogP contribution in [0.3, 0.4) is 0 Å². The van der Waals surface area contributed by atoms with Crippen LogP contribution < -0.4 is 0 Å². The van der Waals surface area contributed by atoms with Gasteiger partial charge in [-0.2, -0.15) is 5.26 Å². The molecule has 0 fully saturated rings. The van der Waals surface area contributed by atoms with Crippen LogP contribution in [-0.2, 0) is 0 Å². The van der Waals surface area contributed by atoms with Crippen LogP contribution in [-0.4, -0.2) is 6.26 Å². The lowest BCUT2D eigenvalue weighted by molar-refractivity contribution is 0.874. The molecule has 82 valence electrons. The molecule has 1 aromatic carbocycles. The van der Waals surface area contributed by atoms with Gasteiger partial charge in [-0.3, -0.25) is 0 Å². The van der Waals surface area contributed by atoms with E-state index in [4.69, 9.17) is 0 Å². The number of hydrogen-bond donors (Lipinski definition) is 0. The van der Waals surface area contributed by atoms with Crippen LogP contribution in [0.25, 0.3) is 10.1 Å². The number of thiophene rings is 1. The van der Waals surface area contributed by atoms with E-state index >= 15 is 0 Å². The Morgan fingerprint density at radius 3 is 2.75 bits per heavy atom. The summed E-state index contributed by atoms with van der Waals surface area (Å²) in [6, 6.07) is 6.56. The number of hydrogen-bond acceptors (Lipinski definition) is 3. The van der Waals surface area contributed by atoms with Crippen LogP contribution >= 0.6 is 23.1 Å². The monoisotopic (exact) mass is 247 g/mol. The fraction of sp³-hybridized carbons (Fsp3) is 0.308. The molecular weight excluding hydrogens is 234 g/mol. The molecule has 2 aromatic rings. The minimum atomic E-state index is 0.500. The first-order chi connectivity index (χ1) is 7.69. The molecule has 0 unspecified atom stereocenters. The van der Waals surface area contributed by atoms with Crippen molar-refractivity contribution in [3.8, 4) is 6.07 Å². The molecule has 1 heterocycles. The molecule has 0 atom stereocenters. The summed E-state index contributed by atoms with van der Waals surface area (Å²) in [6.07, 6.45) is 2.03. The molecule has 0 saturated heterocycles. The van der Waals surface area contributed by atoms with Gasteiger partial charge in [0.05, 0.1) is 5.56 Å². The Labute approximate surface area is 104 Å². The van der Waals surface area contributed by atoms with Gasteiger partial charge in [0.15, 0.2) is 0 Å². The fourth-order valence-corrected chi connectivity index (χ4v) is 3.52. The quantitative estimate of drug-likeness (QED) is 0.723. The van der Waals surface area contributed by atoms with E-state index in [1.807, 2.05) is 6.26 Å². The zero-order chi connectivity index (χ0) is 11.7. The average molecular weight is 247 g/mol. The molecule has 0 aliphatic carbocycles. The van der Waals surface area contributed by atoms with Crippen LogP contribution in [0.5, 0.6) is 0 Å². The molecular formula is C13H13NS2. The smallest absolute Gasteiger partial charge is 0.101 e. The van der Waals surface area contributed by atoms with E-state index in [0.29, 0.717) is 5.92 Å². The molecule has 0 bridgehead atoms. The predicted octanol–water partition coefficient (Wildman–Crippen LogP) is 4.62. The zero-order valence-corrected chi connectivity index (χ0v) is 11.2. The lowest BCUT2D eigenvalue weighted by Gasteiger charge is -2.11. The van der Waals surface area contributed by atoms with E-state index < -0.39 is 0 Å². The Morgan fingerprint density at radius 1 is 1.44 bits per heavy atom. The van der Waals surface area contributed by atoms with Gasteiger partial charge in [-0.1, -0.05) is 13.8 Å². The number of nitrogens with zero attached hydrogens (tertiary/aromatic N) is 1. The molecule has 0 saturated carbocycles. The molecule has 2 rings (SSSR count). The predicted molar refractivity (Wildman–Crippen MR) is 72.4 cm³/mol. The Balaban J connectivity index is 2.86. The normalized spacial score (nSPS) is 10.9. The summed E-state index contributed by atoms with van der Waals surface area (Å²) in [6.45, 7) is 4.40. The number of nitriles is 1. The van der Waals surface area contributed by atoms with E-state index in [0.717, 1.165) is 15.8 Å². The first kappa shape index (κ1) is 11.5. The van der Waals surface area contributed by atoms with Crippen LogP contribution in [0.4, 0.5) is 0 Å². The van der Waals surface area contributed by atoms with Crippen LogP contribution in [0.2, 0.25) is 0 Å². The third-order valence-electron chi connectivity index (χ3n) is 2.68. The Hall–Kier alpha value is -0.980. The molecule has 0 N–H and O–H groups in total. The Kier molecular flexibility index (Phi) is 3.22. The van der Waals surface area contributed by atoms with Gasteiger partial charge in [0, 0.05) is 15.0 Å². The van der Waals surface area contributed by atoms with E-state index in [1.165, 1.54) is 10.3 Å². The SMILES string of the molecule is CSc1cc(C(C)C)c2sccc2c1C#N. The van der Waals surface area contributed by atoms with E-state index in [1.54, 1.807) is 23.1 Å². The summed E-state index contributed by atoms with van der Waals surface area (Å²) in [5.41, 5.74) is 2.18. The maximum absolute atomic E-state index is 9.24. The minimum absolute atomic E-state index is 0.500. The number of benzene rings is 1. The van der Waals surface area contributed by atoms with Gasteiger partial charge in [0.2, 0.25) is 0 Å². The van der Waals surface area contributed by atoms with Crippen molar-refractivity contribution in [3.05, 3.63) is 28.6 Å². The largest absolute Gasteiger partial charge is 0.192 e. The highest BCUT2D eigenvalue weighted by Crippen LogP contribution is 2.37. The van der Waals surface area contributed by atoms with Gasteiger partial charge < -0.3 is 0 Å². The van der Waals surface area contributed by atoms with E-state index in [2.05, 4.69) is 37.4 Å². The summed E-state index contributed by atoms with van der Waals surface area (Å²) in [7, 11) is 0. The molecule has 0 amide bonds. The van der Waals surface area contributed by atoms with Crippen molar-refractivity contribution in [2.75, 3.05) is 6.26 Å². The Morgan fingerprint density at radius 2 is 2.19 bits per heavy atom. The lowest BCUT2D eigenvalue weighted by Crippen LogP contribution is -1.91. The number of rotatable bonds is 2. The van der Waals surface area contributed by atoms with Crippen LogP contribution in [0.15, 0.2) is 22.4 Å². The third-order valence-corrected chi connectivity index (χ3v) is 4.41. The molecule has 1 nitrogen and oxygen atoms in total. The second-order valence-electron chi connectivity index (χ2n) is 3.97. The summed E-state index contributed by atoms with van der Waals surface area (Å²) >= 11 is 3.38. The van der Waals surface area contributed by atoms with Crippen molar-refractivity contribution in [1.29, 1.82) is 5.26 Å². The highest BCUT2D eigenvalue weighted by molar-refractivity contribution is 7.98. The minimum Gasteiger partial charge on any atom is -0.192 e. The zero-order valence-electron chi connectivity index (χ0n) is 9.57. The van der Waals surface area contributed by atoms with Crippen LogP contribution in [0.1, 0.15) is 30.9 Å². The van der Waals surface area contributed by atoms with Crippen LogP contribution in [0, 0.1) is 11.3 Å². The molecule has 0 aliphatic rings. The fourth-order valence-electron chi connectivity index (χ4n) is 1.85. The second-order valence-corrected chi connectivity index (χ2v) is 5.74. The van der Waals surface area contributed by atoms with Crippen molar-refractivity contribution in [2.45, 2.75) is 24.7 Å². The third kappa shape index (κ3) is 1.73. The lowest BCUT2D eigenvalue weighted by atomic mass is 9.99. The van der Waals surface area contributed by atoms with Gasteiger partial charge in [0.1, 0.15) is 6.07 Å². The Bertz CT molecular complexity index is 561. The summed E-state index contributed by atoms with van der Waals surface area (Å²) in [5, 5.41) is 12.4. The van der Waals surface area contributed by atoms with Crippen molar-refractivity contribution >= 4 is 33.2 Å². The van der Waals surface area contributed by atoms with E-state index in [9.17, 15) is 5.26 Å². The molecule has 0 aliphatic heterocycles. The van der Waals surface area contributed by atoms with Gasteiger partial charge >= 0.3 is 0 Å². The second kappa shape index (κ2) is 4.48. The van der Waals surface area contributed by atoms with Gasteiger partial charge in [-0.15, -0.1) is 23.1 Å². The van der Waals surface area contributed by atoms with Crippen molar-refractivity contribution in [3.63, 3.8) is 0 Å². The molecule has 0 radical (unpaired) electrons. The van der Waals surface area contributed by atoms with Gasteiger partial charge in [-0.05, 0) is 35.2 Å². The first-order valence-electron chi connectivity index (χ1n) is 5.17. The maximum atomic E-state index is 9.24. The molecule has 16 heavy (non-hydrogen) atoms. The first-order valence-corrected chi connectivity index (χ1v) is 7.27. The molecule has 1 aromatic heterocycles. The highest BCUT2D eigenvalue weighted by Gasteiger charge is 2.14. The molecule has 3 heteroatoms. The van der Waals surface area contributed by atoms with Gasteiger partial charge in [-0.25, -0.2) is 0 Å². The van der Waals surface area contributed by atoms with Gasteiger partial charge in [0.25, 0.3) is 0 Å². The standard InChI is InChI=1S/C13H13NS2/c1-8(2)10-6-12(15-3)11(7-14)9-4-5-16-13(9)10/h4-6,8H,1-3H3. The molecule has 0 spiro atoms. The summed E-state index contributed by atoms with van der Waals surface area (Å²) < 4.78 is 1.27. The topological polar surface area (TPSA) is 23.8 Å². The average Bonchev–Trinajstić information content (AvgIpc) is 2.74.